The summed E-state index contributed by atoms with van der Waals surface area (Å²) in [6.45, 7) is 4.07. The van der Waals surface area contributed by atoms with E-state index in [2.05, 4.69) is 12.0 Å². The molecule has 2 N–H and O–H groups in total. The molecule has 1 nitrogen and oxygen atoms in total. The Bertz CT molecular complexity index is 339. The molecule has 0 atom stereocenters. The van der Waals surface area contributed by atoms with E-state index in [4.69, 9.17) is 12.2 Å². The lowest BCUT2D eigenvalue weighted by Gasteiger charge is -2.18. The first-order chi connectivity index (χ1) is 6.53. The Morgan fingerprint density at radius 1 is 1.36 bits per heavy atom. The van der Waals surface area contributed by atoms with E-state index < -0.39 is 0 Å². The quantitative estimate of drug-likeness (QED) is 0.722. The van der Waals surface area contributed by atoms with Gasteiger partial charge in [-0.2, -0.15) is 0 Å². The third-order valence-corrected chi connectivity index (χ3v) is 2.21. The molecule has 0 radical (unpaired) electrons. The fraction of sp³-hybridized carbons (Fsp3) is 0.385. The molecule has 0 heterocycles. The molecule has 0 saturated heterocycles. The van der Waals surface area contributed by atoms with Crippen molar-refractivity contribution < 1.29 is 0 Å². The summed E-state index contributed by atoms with van der Waals surface area (Å²) < 4.78 is 0. The van der Waals surface area contributed by atoms with Crippen molar-refractivity contribution in [3.8, 4) is 12.3 Å². The predicted octanol–water partition coefficient (Wildman–Crippen LogP) is 2.34. The van der Waals surface area contributed by atoms with Crippen LogP contribution in [0.2, 0.25) is 0 Å². The summed E-state index contributed by atoms with van der Waals surface area (Å²) in [5.74, 6) is 2.69. The molecule has 0 fully saturated rings. The Kier molecular flexibility index (Phi) is 3.33. The fourth-order valence-corrected chi connectivity index (χ4v) is 1.34. The first kappa shape index (κ1) is 10.8. The lowest BCUT2D eigenvalue weighted by molar-refractivity contribution is 0.477. The van der Waals surface area contributed by atoms with E-state index >= 15 is 0 Å². The van der Waals surface area contributed by atoms with E-state index in [1.165, 1.54) is 5.56 Å². The minimum absolute atomic E-state index is 0.123. The average Bonchev–Trinajstić information content (AvgIpc) is 2.14. The monoisotopic (exact) mass is 187 g/mol. The van der Waals surface area contributed by atoms with Crippen LogP contribution in [0.4, 0.5) is 0 Å². The SMILES string of the molecule is C#Cc1ccccc1CCC(C)(C)N. The van der Waals surface area contributed by atoms with Gasteiger partial charge in [-0.05, 0) is 38.3 Å². The van der Waals surface area contributed by atoms with Gasteiger partial charge >= 0.3 is 0 Å². The van der Waals surface area contributed by atoms with Crippen LogP contribution < -0.4 is 5.73 Å². The standard InChI is InChI=1S/C13H17N/c1-4-11-7-5-6-8-12(11)9-10-13(2,3)14/h1,5-8H,9-10,14H2,2-3H3. The van der Waals surface area contributed by atoms with E-state index in [1.54, 1.807) is 0 Å². The van der Waals surface area contributed by atoms with Gasteiger partial charge in [0.25, 0.3) is 0 Å². The number of benzene rings is 1. The minimum atomic E-state index is -0.123. The summed E-state index contributed by atoms with van der Waals surface area (Å²) in [5, 5.41) is 0. The van der Waals surface area contributed by atoms with Crippen LogP contribution in [0, 0.1) is 12.3 Å². The summed E-state index contributed by atoms with van der Waals surface area (Å²) in [4.78, 5) is 0. The number of hydrogen-bond donors (Lipinski definition) is 1. The highest BCUT2D eigenvalue weighted by molar-refractivity contribution is 5.39. The van der Waals surface area contributed by atoms with Crippen molar-refractivity contribution >= 4 is 0 Å². The number of hydrogen-bond acceptors (Lipinski definition) is 1. The van der Waals surface area contributed by atoms with Gasteiger partial charge in [-0.15, -0.1) is 6.42 Å². The van der Waals surface area contributed by atoms with E-state index in [-0.39, 0.29) is 5.54 Å². The van der Waals surface area contributed by atoms with Gasteiger partial charge in [-0.1, -0.05) is 24.1 Å². The van der Waals surface area contributed by atoms with E-state index in [9.17, 15) is 0 Å². The summed E-state index contributed by atoms with van der Waals surface area (Å²) in [6, 6.07) is 8.02. The maximum absolute atomic E-state index is 5.92. The van der Waals surface area contributed by atoms with Gasteiger partial charge in [-0.25, -0.2) is 0 Å². The Morgan fingerprint density at radius 2 is 2.00 bits per heavy atom. The second-order valence-corrected chi connectivity index (χ2v) is 4.29. The summed E-state index contributed by atoms with van der Waals surface area (Å²) >= 11 is 0. The van der Waals surface area contributed by atoms with Crippen molar-refractivity contribution in [1.82, 2.24) is 0 Å². The smallest absolute Gasteiger partial charge is 0.0274 e. The van der Waals surface area contributed by atoms with Gasteiger partial charge < -0.3 is 5.73 Å². The van der Waals surface area contributed by atoms with E-state index in [0.717, 1.165) is 18.4 Å². The zero-order valence-corrected chi connectivity index (χ0v) is 8.88. The molecule has 1 rings (SSSR count). The topological polar surface area (TPSA) is 26.0 Å². The highest BCUT2D eigenvalue weighted by atomic mass is 14.7. The summed E-state index contributed by atoms with van der Waals surface area (Å²) in [7, 11) is 0. The molecule has 14 heavy (non-hydrogen) atoms. The number of nitrogens with two attached hydrogens (primary N) is 1. The number of rotatable bonds is 3. The van der Waals surface area contributed by atoms with Crippen LogP contribution in [-0.2, 0) is 6.42 Å². The Balaban J connectivity index is 2.73. The second kappa shape index (κ2) is 4.30. The fourth-order valence-electron chi connectivity index (χ4n) is 1.34. The van der Waals surface area contributed by atoms with Crippen molar-refractivity contribution in [2.75, 3.05) is 0 Å². The Labute approximate surface area is 86.3 Å². The molecule has 0 aliphatic carbocycles. The van der Waals surface area contributed by atoms with Crippen LogP contribution in [-0.4, -0.2) is 5.54 Å². The summed E-state index contributed by atoms with van der Waals surface area (Å²) in [5.41, 5.74) is 8.00. The summed E-state index contributed by atoms with van der Waals surface area (Å²) in [6.07, 6.45) is 7.31. The molecule has 1 aromatic carbocycles. The molecule has 0 saturated carbocycles. The first-order valence-corrected chi connectivity index (χ1v) is 4.86. The molecule has 0 bridgehead atoms. The van der Waals surface area contributed by atoms with Crippen LogP contribution in [0.3, 0.4) is 0 Å². The van der Waals surface area contributed by atoms with Crippen LogP contribution in [0.25, 0.3) is 0 Å². The van der Waals surface area contributed by atoms with Crippen molar-refractivity contribution in [2.45, 2.75) is 32.2 Å². The van der Waals surface area contributed by atoms with E-state index in [0.29, 0.717) is 0 Å². The van der Waals surface area contributed by atoms with Crippen molar-refractivity contribution in [3.05, 3.63) is 35.4 Å². The molecular formula is C13H17N. The van der Waals surface area contributed by atoms with Crippen LogP contribution in [0.5, 0.6) is 0 Å². The largest absolute Gasteiger partial charge is 0.326 e. The van der Waals surface area contributed by atoms with Gasteiger partial charge in [0.2, 0.25) is 0 Å². The lowest BCUT2D eigenvalue weighted by Crippen LogP contribution is -2.32. The molecule has 0 aliphatic rings. The van der Waals surface area contributed by atoms with Crippen LogP contribution in [0.1, 0.15) is 31.4 Å². The van der Waals surface area contributed by atoms with Crippen LogP contribution in [0.15, 0.2) is 24.3 Å². The number of aryl methyl sites for hydroxylation is 1. The highest BCUT2D eigenvalue weighted by Gasteiger charge is 2.11. The van der Waals surface area contributed by atoms with Gasteiger partial charge in [-0.3, -0.25) is 0 Å². The second-order valence-electron chi connectivity index (χ2n) is 4.29. The zero-order chi connectivity index (χ0) is 10.6. The van der Waals surface area contributed by atoms with Gasteiger partial charge in [0, 0.05) is 11.1 Å². The molecule has 1 aromatic rings. The molecule has 0 aliphatic heterocycles. The molecule has 1 heteroatoms. The third-order valence-electron chi connectivity index (χ3n) is 2.21. The van der Waals surface area contributed by atoms with Gasteiger partial charge in [0.15, 0.2) is 0 Å². The average molecular weight is 187 g/mol. The predicted molar refractivity (Wildman–Crippen MR) is 61.0 cm³/mol. The van der Waals surface area contributed by atoms with Crippen molar-refractivity contribution in [1.29, 1.82) is 0 Å². The molecular weight excluding hydrogens is 170 g/mol. The first-order valence-electron chi connectivity index (χ1n) is 4.86. The van der Waals surface area contributed by atoms with Gasteiger partial charge in [0.05, 0.1) is 0 Å². The maximum atomic E-state index is 5.92. The normalized spacial score (nSPS) is 11.0. The minimum Gasteiger partial charge on any atom is -0.326 e. The Morgan fingerprint density at radius 3 is 2.57 bits per heavy atom. The van der Waals surface area contributed by atoms with E-state index in [1.807, 2.05) is 32.0 Å². The molecule has 74 valence electrons. The zero-order valence-electron chi connectivity index (χ0n) is 8.88. The third kappa shape index (κ3) is 3.24. The molecule has 0 amide bonds. The molecule has 0 aromatic heterocycles. The molecule has 0 unspecified atom stereocenters. The molecule has 0 spiro atoms. The van der Waals surface area contributed by atoms with Crippen LogP contribution >= 0.6 is 0 Å². The van der Waals surface area contributed by atoms with Gasteiger partial charge in [0.1, 0.15) is 0 Å². The number of terminal acetylenes is 1. The van der Waals surface area contributed by atoms with Crippen molar-refractivity contribution in [3.63, 3.8) is 0 Å². The highest BCUT2D eigenvalue weighted by Crippen LogP contribution is 2.14. The lowest BCUT2D eigenvalue weighted by atomic mass is 9.94. The van der Waals surface area contributed by atoms with Crippen molar-refractivity contribution in [2.24, 2.45) is 5.73 Å². The maximum Gasteiger partial charge on any atom is 0.0274 e. The Hall–Kier alpha value is -1.26.